The van der Waals surface area contributed by atoms with Crippen LogP contribution < -0.4 is 4.74 Å². The zero-order valence-electron chi connectivity index (χ0n) is 10.6. The molecule has 2 nitrogen and oxygen atoms in total. The summed E-state index contributed by atoms with van der Waals surface area (Å²) < 4.78 is 5.24. The molecule has 0 aliphatic rings. The molecular weight excluding hydrogens is 244 g/mol. The second kappa shape index (κ2) is 5.83. The van der Waals surface area contributed by atoms with E-state index in [0.717, 1.165) is 12.0 Å². The molecule has 18 heavy (non-hydrogen) atoms. The third-order valence-corrected chi connectivity index (χ3v) is 3.61. The summed E-state index contributed by atoms with van der Waals surface area (Å²) in [7, 11) is 1.60. The Morgan fingerprint density at radius 1 is 1.33 bits per heavy atom. The minimum absolute atomic E-state index is 0.141. The van der Waals surface area contributed by atoms with Crippen LogP contribution in [-0.2, 0) is 6.42 Å². The lowest BCUT2D eigenvalue weighted by molar-refractivity contribution is 0.0980. The molecule has 0 aliphatic carbocycles. The zero-order chi connectivity index (χ0) is 13.0. The number of ketones is 1. The van der Waals surface area contributed by atoms with Gasteiger partial charge in [0.1, 0.15) is 5.75 Å². The fourth-order valence-electron chi connectivity index (χ4n) is 1.87. The normalized spacial score (nSPS) is 10.3. The van der Waals surface area contributed by atoms with Crippen molar-refractivity contribution >= 4 is 17.1 Å². The molecule has 0 aliphatic heterocycles. The first-order chi connectivity index (χ1) is 8.70. The van der Waals surface area contributed by atoms with Crippen LogP contribution in [0.2, 0.25) is 0 Å². The average Bonchev–Trinajstić information content (AvgIpc) is 2.89. The molecule has 0 N–H and O–H groups in total. The summed E-state index contributed by atoms with van der Waals surface area (Å²) in [5.74, 6) is 0.803. The Morgan fingerprint density at radius 3 is 2.83 bits per heavy atom. The Balaban J connectivity index is 2.10. The molecule has 94 valence electrons. The summed E-state index contributed by atoms with van der Waals surface area (Å²) in [5.41, 5.74) is 2.99. The van der Waals surface area contributed by atoms with Gasteiger partial charge in [0.05, 0.1) is 12.7 Å². The summed E-state index contributed by atoms with van der Waals surface area (Å²) in [6.45, 7) is 1.98. The van der Waals surface area contributed by atoms with E-state index in [2.05, 4.69) is 11.4 Å². The second-order valence-corrected chi connectivity index (χ2v) is 5.04. The Bertz CT molecular complexity index is 529. The topological polar surface area (TPSA) is 26.3 Å². The van der Waals surface area contributed by atoms with Gasteiger partial charge in [0, 0.05) is 6.42 Å². The quantitative estimate of drug-likeness (QED) is 0.763. The first-order valence-corrected chi connectivity index (χ1v) is 6.84. The molecule has 0 atom stereocenters. The Labute approximate surface area is 111 Å². The van der Waals surface area contributed by atoms with E-state index in [-0.39, 0.29) is 5.78 Å². The van der Waals surface area contributed by atoms with Crippen molar-refractivity contribution in [2.24, 2.45) is 0 Å². The number of benzene rings is 1. The molecule has 0 saturated heterocycles. The van der Waals surface area contributed by atoms with Crippen LogP contribution >= 0.6 is 11.3 Å². The SMILES string of the molecule is COc1ccc(C)cc1C(=O)CCc1ccsc1. The Hall–Kier alpha value is -1.61. The number of Topliss-reactive ketones (excluding diaryl/α,β-unsaturated/α-hetero) is 1. The molecule has 0 bridgehead atoms. The van der Waals surface area contributed by atoms with E-state index < -0.39 is 0 Å². The molecule has 1 aromatic carbocycles. The minimum Gasteiger partial charge on any atom is -0.496 e. The Kier molecular flexibility index (Phi) is 4.15. The van der Waals surface area contributed by atoms with Crippen molar-refractivity contribution in [2.75, 3.05) is 7.11 Å². The van der Waals surface area contributed by atoms with Crippen molar-refractivity contribution in [3.05, 3.63) is 51.7 Å². The van der Waals surface area contributed by atoms with Gasteiger partial charge in [-0.15, -0.1) is 0 Å². The van der Waals surface area contributed by atoms with Crippen molar-refractivity contribution in [1.29, 1.82) is 0 Å². The van der Waals surface area contributed by atoms with E-state index in [4.69, 9.17) is 4.74 Å². The maximum atomic E-state index is 12.2. The number of ether oxygens (including phenoxy) is 1. The fraction of sp³-hybridized carbons (Fsp3) is 0.267. The van der Waals surface area contributed by atoms with Gasteiger partial charge >= 0.3 is 0 Å². The standard InChI is InChI=1S/C15H16O2S/c1-11-3-6-15(17-2)13(9-11)14(16)5-4-12-7-8-18-10-12/h3,6-10H,4-5H2,1-2H3. The molecule has 1 heterocycles. The molecule has 0 unspecified atom stereocenters. The van der Waals surface area contributed by atoms with Crippen LogP contribution in [0, 0.1) is 6.92 Å². The number of carbonyl (C=O) groups is 1. The number of carbonyl (C=O) groups excluding carboxylic acids is 1. The molecule has 0 spiro atoms. The summed E-state index contributed by atoms with van der Waals surface area (Å²) >= 11 is 1.66. The summed E-state index contributed by atoms with van der Waals surface area (Å²) in [6.07, 6.45) is 1.32. The molecule has 3 heteroatoms. The number of methoxy groups -OCH3 is 1. The lowest BCUT2D eigenvalue weighted by atomic mass is 10.0. The van der Waals surface area contributed by atoms with Gasteiger partial charge in [-0.1, -0.05) is 11.6 Å². The van der Waals surface area contributed by atoms with Crippen LogP contribution in [-0.4, -0.2) is 12.9 Å². The van der Waals surface area contributed by atoms with Gasteiger partial charge in [-0.25, -0.2) is 0 Å². The summed E-state index contributed by atoms with van der Waals surface area (Å²) in [6, 6.07) is 7.77. The highest BCUT2D eigenvalue weighted by Gasteiger charge is 2.12. The molecule has 2 rings (SSSR count). The number of hydrogen-bond acceptors (Lipinski definition) is 3. The highest BCUT2D eigenvalue weighted by atomic mass is 32.1. The van der Waals surface area contributed by atoms with E-state index in [1.54, 1.807) is 18.4 Å². The smallest absolute Gasteiger partial charge is 0.166 e. The largest absolute Gasteiger partial charge is 0.496 e. The second-order valence-electron chi connectivity index (χ2n) is 4.26. The maximum Gasteiger partial charge on any atom is 0.166 e. The highest BCUT2D eigenvalue weighted by Crippen LogP contribution is 2.22. The number of thiophene rings is 1. The molecule has 0 saturated carbocycles. The first-order valence-electron chi connectivity index (χ1n) is 5.89. The molecule has 0 radical (unpaired) electrons. The Morgan fingerprint density at radius 2 is 2.17 bits per heavy atom. The molecule has 0 fully saturated rings. The van der Waals surface area contributed by atoms with Crippen molar-refractivity contribution in [2.45, 2.75) is 19.8 Å². The van der Waals surface area contributed by atoms with Gasteiger partial charge in [-0.05, 0) is 47.9 Å². The van der Waals surface area contributed by atoms with Gasteiger partial charge in [0.15, 0.2) is 5.78 Å². The van der Waals surface area contributed by atoms with Crippen molar-refractivity contribution in [3.8, 4) is 5.75 Å². The molecular formula is C15H16O2S. The fourth-order valence-corrected chi connectivity index (χ4v) is 2.57. The van der Waals surface area contributed by atoms with E-state index in [9.17, 15) is 4.79 Å². The van der Waals surface area contributed by atoms with E-state index in [1.807, 2.05) is 30.5 Å². The number of rotatable bonds is 5. The minimum atomic E-state index is 0.141. The van der Waals surface area contributed by atoms with Crippen molar-refractivity contribution < 1.29 is 9.53 Å². The van der Waals surface area contributed by atoms with Crippen LogP contribution in [0.1, 0.15) is 27.9 Å². The maximum absolute atomic E-state index is 12.2. The van der Waals surface area contributed by atoms with Gasteiger partial charge in [0.2, 0.25) is 0 Å². The number of hydrogen-bond donors (Lipinski definition) is 0. The van der Waals surface area contributed by atoms with E-state index >= 15 is 0 Å². The molecule has 1 aromatic heterocycles. The van der Waals surface area contributed by atoms with Crippen LogP contribution in [0.4, 0.5) is 0 Å². The third-order valence-electron chi connectivity index (χ3n) is 2.88. The first kappa shape index (κ1) is 12.8. The predicted molar refractivity (Wildman–Crippen MR) is 74.7 cm³/mol. The van der Waals surface area contributed by atoms with E-state index in [0.29, 0.717) is 17.7 Å². The van der Waals surface area contributed by atoms with Gasteiger partial charge in [-0.2, -0.15) is 11.3 Å². The van der Waals surface area contributed by atoms with Crippen molar-refractivity contribution in [1.82, 2.24) is 0 Å². The lowest BCUT2D eigenvalue weighted by Gasteiger charge is -2.08. The lowest BCUT2D eigenvalue weighted by Crippen LogP contribution is -2.04. The average molecular weight is 260 g/mol. The van der Waals surface area contributed by atoms with Gasteiger partial charge in [0.25, 0.3) is 0 Å². The summed E-state index contributed by atoms with van der Waals surface area (Å²) in [5, 5.41) is 4.12. The van der Waals surface area contributed by atoms with Gasteiger partial charge < -0.3 is 4.74 Å². The monoisotopic (exact) mass is 260 g/mol. The van der Waals surface area contributed by atoms with Crippen molar-refractivity contribution in [3.63, 3.8) is 0 Å². The summed E-state index contributed by atoms with van der Waals surface area (Å²) in [4.78, 5) is 12.2. The van der Waals surface area contributed by atoms with Gasteiger partial charge in [-0.3, -0.25) is 4.79 Å². The number of aryl methyl sites for hydroxylation is 2. The third kappa shape index (κ3) is 2.99. The van der Waals surface area contributed by atoms with E-state index in [1.165, 1.54) is 5.56 Å². The van der Waals surface area contributed by atoms with Crippen LogP contribution in [0.15, 0.2) is 35.0 Å². The predicted octanol–water partition coefficient (Wildman–Crippen LogP) is 3.88. The molecule has 0 amide bonds. The highest BCUT2D eigenvalue weighted by molar-refractivity contribution is 7.07. The zero-order valence-corrected chi connectivity index (χ0v) is 11.4. The molecule has 2 aromatic rings. The van der Waals surface area contributed by atoms with Crippen LogP contribution in [0.5, 0.6) is 5.75 Å². The van der Waals surface area contributed by atoms with Crippen LogP contribution in [0.3, 0.4) is 0 Å². The van der Waals surface area contributed by atoms with Crippen LogP contribution in [0.25, 0.3) is 0 Å².